The summed E-state index contributed by atoms with van der Waals surface area (Å²) in [5, 5.41) is 0. The van der Waals surface area contributed by atoms with E-state index in [1.165, 1.54) is 24.3 Å². The lowest BCUT2D eigenvalue weighted by Gasteiger charge is -2.10. The van der Waals surface area contributed by atoms with E-state index in [2.05, 4.69) is 4.72 Å². The molecule has 0 radical (unpaired) electrons. The molecule has 0 atom stereocenters. The summed E-state index contributed by atoms with van der Waals surface area (Å²) in [5.41, 5.74) is 5.49. The summed E-state index contributed by atoms with van der Waals surface area (Å²) in [6, 6.07) is 14.1. The fraction of sp³-hybridized carbons (Fsp3) is 0. The molecule has 2 aromatic rings. The van der Waals surface area contributed by atoms with Crippen LogP contribution in [0.3, 0.4) is 0 Å². The standard InChI is InChI=1S/C13H12N2O3S/c14-13(16)11-8-4-5-9-12(11)15-19(17,18)10-6-2-1-3-7-10/h1-9,15H,(H2,14,16). The van der Waals surface area contributed by atoms with Gasteiger partial charge in [0.1, 0.15) is 0 Å². The van der Waals surface area contributed by atoms with Crippen LogP contribution in [0.4, 0.5) is 5.69 Å². The van der Waals surface area contributed by atoms with Gasteiger partial charge in [0, 0.05) is 0 Å². The minimum absolute atomic E-state index is 0.120. The second kappa shape index (κ2) is 5.11. The molecule has 0 unspecified atom stereocenters. The quantitative estimate of drug-likeness (QED) is 0.888. The molecular weight excluding hydrogens is 264 g/mol. The van der Waals surface area contributed by atoms with E-state index in [9.17, 15) is 13.2 Å². The molecule has 5 nitrogen and oxygen atoms in total. The zero-order valence-corrected chi connectivity index (χ0v) is 10.7. The number of anilines is 1. The van der Waals surface area contributed by atoms with Gasteiger partial charge in [0.25, 0.3) is 15.9 Å². The highest BCUT2D eigenvalue weighted by molar-refractivity contribution is 7.92. The van der Waals surface area contributed by atoms with Gasteiger partial charge < -0.3 is 5.73 Å². The molecule has 0 aliphatic carbocycles. The maximum Gasteiger partial charge on any atom is 0.261 e. The van der Waals surface area contributed by atoms with Crippen LogP contribution in [0, 0.1) is 0 Å². The lowest BCUT2D eigenvalue weighted by molar-refractivity contribution is 0.100. The summed E-state index contributed by atoms with van der Waals surface area (Å²) in [6.45, 7) is 0. The number of hydrogen-bond acceptors (Lipinski definition) is 3. The number of nitrogens with one attached hydrogen (secondary N) is 1. The van der Waals surface area contributed by atoms with Gasteiger partial charge in [-0.15, -0.1) is 0 Å². The Morgan fingerprint density at radius 1 is 0.947 bits per heavy atom. The van der Waals surface area contributed by atoms with Gasteiger partial charge in [-0.2, -0.15) is 0 Å². The van der Waals surface area contributed by atoms with E-state index in [1.54, 1.807) is 30.3 Å². The first-order valence-corrected chi connectivity index (χ1v) is 6.96. The molecule has 0 bridgehead atoms. The number of nitrogens with two attached hydrogens (primary N) is 1. The topological polar surface area (TPSA) is 89.3 Å². The van der Waals surface area contributed by atoms with Crippen molar-refractivity contribution in [2.45, 2.75) is 4.90 Å². The Bertz CT molecular complexity index is 697. The number of carbonyl (C=O) groups is 1. The average molecular weight is 276 g/mol. The fourth-order valence-corrected chi connectivity index (χ4v) is 2.69. The van der Waals surface area contributed by atoms with Crippen LogP contribution in [0.1, 0.15) is 10.4 Å². The van der Waals surface area contributed by atoms with Crippen molar-refractivity contribution in [3.63, 3.8) is 0 Å². The van der Waals surface area contributed by atoms with Gasteiger partial charge in [-0.3, -0.25) is 9.52 Å². The summed E-state index contributed by atoms with van der Waals surface area (Å²) < 4.78 is 26.6. The van der Waals surface area contributed by atoms with Crippen molar-refractivity contribution in [1.82, 2.24) is 0 Å². The third kappa shape index (κ3) is 2.92. The van der Waals surface area contributed by atoms with Gasteiger partial charge in [0.15, 0.2) is 0 Å². The number of primary amides is 1. The first-order valence-electron chi connectivity index (χ1n) is 5.47. The van der Waals surface area contributed by atoms with Crippen LogP contribution in [0.15, 0.2) is 59.5 Å². The molecule has 0 aliphatic heterocycles. The number of amides is 1. The lowest BCUT2D eigenvalue weighted by atomic mass is 10.2. The molecular formula is C13H12N2O3S. The molecule has 2 rings (SSSR count). The number of carbonyl (C=O) groups excluding carboxylic acids is 1. The van der Waals surface area contributed by atoms with Gasteiger partial charge in [-0.25, -0.2) is 8.42 Å². The minimum atomic E-state index is -3.73. The van der Waals surface area contributed by atoms with Crippen LogP contribution in [0.25, 0.3) is 0 Å². The van der Waals surface area contributed by atoms with Crippen molar-refractivity contribution < 1.29 is 13.2 Å². The van der Waals surface area contributed by atoms with E-state index in [0.717, 1.165) is 0 Å². The van der Waals surface area contributed by atoms with E-state index in [-0.39, 0.29) is 16.1 Å². The summed E-state index contributed by atoms with van der Waals surface area (Å²) in [6.07, 6.45) is 0. The highest BCUT2D eigenvalue weighted by Crippen LogP contribution is 2.19. The number of benzene rings is 2. The van der Waals surface area contributed by atoms with E-state index in [1.807, 2.05) is 0 Å². The number of sulfonamides is 1. The zero-order valence-electron chi connectivity index (χ0n) is 9.91. The zero-order chi connectivity index (χ0) is 13.9. The molecule has 0 fully saturated rings. The smallest absolute Gasteiger partial charge is 0.261 e. The molecule has 0 aromatic heterocycles. The van der Waals surface area contributed by atoms with Gasteiger partial charge in [-0.1, -0.05) is 30.3 Å². The summed E-state index contributed by atoms with van der Waals surface area (Å²) in [5.74, 6) is -0.689. The first kappa shape index (κ1) is 13.1. The predicted molar refractivity (Wildman–Crippen MR) is 72.2 cm³/mol. The summed E-state index contributed by atoms with van der Waals surface area (Å²) in [7, 11) is -3.73. The largest absolute Gasteiger partial charge is 0.366 e. The molecule has 0 saturated carbocycles. The van der Waals surface area contributed by atoms with E-state index in [4.69, 9.17) is 5.73 Å². The van der Waals surface area contributed by atoms with Gasteiger partial charge in [0.2, 0.25) is 0 Å². The van der Waals surface area contributed by atoms with Crippen molar-refractivity contribution in [1.29, 1.82) is 0 Å². The van der Waals surface area contributed by atoms with E-state index < -0.39 is 15.9 Å². The molecule has 0 spiro atoms. The monoisotopic (exact) mass is 276 g/mol. The molecule has 2 aromatic carbocycles. The second-order valence-electron chi connectivity index (χ2n) is 3.83. The van der Waals surface area contributed by atoms with Crippen LogP contribution < -0.4 is 10.5 Å². The van der Waals surface area contributed by atoms with Crippen LogP contribution in [-0.4, -0.2) is 14.3 Å². The molecule has 6 heteroatoms. The molecule has 3 N–H and O–H groups in total. The Morgan fingerprint density at radius 3 is 2.16 bits per heavy atom. The van der Waals surface area contributed by atoms with Crippen LogP contribution in [-0.2, 0) is 10.0 Å². The molecule has 1 amide bonds. The van der Waals surface area contributed by atoms with Gasteiger partial charge in [-0.05, 0) is 24.3 Å². The van der Waals surface area contributed by atoms with Crippen LogP contribution in [0.2, 0.25) is 0 Å². The number of hydrogen-bond donors (Lipinski definition) is 2. The number of para-hydroxylation sites is 1. The summed E-state index contributed by atoms with van der Waals surface area (Å²) >= 11 is 0. The van der Waals surface area contributed by atoms with Crippen molar-refractivity contribution >= 4 is 21.6 Å². The third-order valence-corrected chi connectivity index (χ3v) is 3.87. The predicted octanol–water partition coefficient (Wildman–Crippen LogP) is 1.59. The molecule has 0 aliphatic rings. The van der Waals surface area contributed by atoms with Crippen molar-refractivity contribution in [3.05, 3.63) is 60.2 Å². The summed E-state index contributed by atoms with van der Waals surface area (Å²) in [4.78, 5) is 11.4. The first-order chi connectivity index (χ1) is 9.00. The van der Waals surface area contributed by atoms with Crippen molar-refractivity contribution in [2.24, 2.45) is 5.73 Å². The highest BCUT2D eigenvalue weighted by atomic mass is 32.2. The van der Waals surface area contributed by atoms with Crippen molar-refractivity contribution in [2.75, 3.05) is 4.72 Å². The Kier molecular flexibility index (Phi) is 3.52. The lowest BCUT2D eigenvalue weighted by Crippen LogP contribution is -2.18. The highest BCUT2D eigenvalue weighted by Gasteiger charge is 2.16. The van der Waals surface area contributed by atoms with Crippen LogP contribution >= 0.6 is 0 Å². The van der Waals surface area contributed by atoms with Crippen LogP contribution in [0.5, 0.6) is 0 Å². The Balaban J connectivity index is 2.39. The molecule has 0 saturated heterocycles. The average Bonchev–Trinajstić information content (AvgIpc) is 2.39. The van der Waals surface area contributed by atoms with Gasteiger partial charge >= 0.3 is 0 Å². The maximum absolute atomic E-state index is 12.1. The molecule has 98 valence electrons. The Hall–Kier alpha value is -2.34. The van der Waals surface area contributed by atoms with E-state index in [0.29, 0.717) is 0 Å². The Labute approximate surface area is 111 Å². The maximum atomic E-state index is 12.1. The molecule has 19 heavy (non-hydrogen) atoms. The van der Waals surface area contributed by atoms with Gasteiger partial charge in [0.05, 0.1) is 16.1 Å². The van der Waals surface area contributed by atoms with Crippen molar-refractivity contribution in [3.8, 4) is 0 Å². The number of rotatable bonds is 4. The Morgan fingerprint density at radius 2 is 1.53 bits per heavy atom. The normalized spacial score (nSPS) is 10.9. The van der Waals surface area contributed by atoms with E-state index >= 15 is 0 Å². The second-order valence-corrected chi connectivity index (χ2v) is 5.51. The fourth-order valence-electron chi connectivity index (χ4n) is 1.59. The SMILES string of the molecule is NC(=O)c1ccccc1NS(=O)(=O)c1ccccc1. The minimum Gasteiger partial charge on any atom is -0.366 e. The third-order valence-electron chi connectivity index (χ3n) is 2.49. The molecule has 0 heterocycles.